The van der Waals surface area contributed by atoms with Gasteiger partial charge in [-0.3, -0.25) is 15.0 Å². The zero-order valence-electron chi connectivity index (χ0n) is 14.1. The van der Waals surface area contributed by atoms with Gasteiger partial charge in [-0.2, -0.15) is 0 Å². The third kappa shape index (κ3) is 5.29. The largest absolute Gasteiger partial charge is 0.484 e. The van der Waals surface area contributed by atoms with Crippen molar-refractivity contribution < 1.29 is 22.7 Å². The fourth-order valence-electron chi connectivity index (χ4n) is 1.96. The van der Waals surface area contributed by atoms with Gasteiger partial charge in [0.15, 0.2) is 12.4 Å². The van der Waals surface area contributed by atoms with Crippen LogP contribution in [0.5, 0.6) is 5.75 Å². The van der Waals surface area contributed by atoms with E-state index >= 15 is 0 Å². The van der Waals surface area contributed by atoms with E-state index in [1.165, 1.54) is 31.2 Å². The summed E-state index contributed by atoms with van der Waals surface area (Å²) in [6.45, 7) is 2.73. The van der Waals surface area contributed by atoms with Gasteiger partial charge in [0.05, 0.1) is 4.90 Å². The summed E-state index contributed by atoms with van der Waals surface area (Å²) in [5, 5.41) is 0.572. The van der Waals surface area contributed by atoms with Crippen LogP contribution in [0, 0.1) is 6.92 Å². The molecule has 0 atom stereocenters. The molecule has 0 aliphatic rings. The van der Waals surface area contributed by atoms with Gasteiger partial charge in [0.1, 0.15) is 5.75 Å². The molecule has 0 heterocycles. The lowest BCUT2D eigenvalue weighted by molar-refractivity contribution is -0.123. The highest BCUT2D eigenvalue weighted by Gasteiger charge is 2.16. The third-order valence-electron chi connectivity index (χ3n) is 3.38. The second kappa shape index (κ2) is 8.31. The number of hydrazine groups is 1. The maximum atomic E-state index is 12.2. The fourth-order valence-corrected chi connectivity index (χ4v) is 2.98. The molecule has 0 spiro atoms. The molecule has 26 heavy (non-hydrogen) atoms. The van der Waals surface area contributed by atoms with E-state index in [-0.39, 0.29) is 16.2 Å². The molecule has 0 saturated heterocycles. The SMILES string of the molecule is CC(=O)c1cccc(S(=O)(=O)NNC(=O)COc2ccc(Cl)c(C)c2)c1. The molecule has 2 aromatic rings. The Morgan fingerprint density at radius 3 is 2.54 bits per heavy atom. The van der Waals surface area contributed by atoms with E-state index in [0.717, 1.165) is 5.56 Å². The first kappa shape index (κ1) is 19.9. The van der Waals surface area contributed by atoms with Gasteiger partial charge in [-0.25, -0.2) is 8.42 Å². The van der Waals surface area contributed by atoms with Crippen LogP contribution in [-0.4, -0.2) is 26.7 Å². The Hall–Kier alpha value is -2.42. The Labute approximate surface area is 156 Å². The van der Waals surface area contributed by atoms with Crippen molar-refractivity contribution in [3.8, 4) is 5.75 Å². The molecule has 2 rings (SSSR count). The van der Waals surface area contributed by atoms with Crippen LogP contribution in [0.2, 0.25) is 5.02 Å². The molecule has 0 unspecified atom stereocenters. The molecule has 7 nitrogen and oxygen atoms in total. The first-order chi connectivity index (χ1) is 12.2. The summed E-state index contributed by atoms with van der Waals surface area (Å²) < 4.78 is 29.6. The van der Waals surface area contributed by atoms with Crippen molar-refractivity contribution in [2.24, 2.45) is 0 Å². The topological polar surface area (TPSA) is 102 Å². The Kier molecular flexibility index (Phi) is 6.36. The number of aryl methyl sites for hydroxylation is 1. The van der Waals surface area contributed by atoms with Crippen LogP contribution in [0.15, 0.2) is 47.4 Å². The number of rotatable bonds is 7. The average Bonchev–Trinajstić information content (AvgIpc) is 2.61. The number of nitrogens with one attached hydrogen (secondary N) is 2. The highest BCUT2D eigenvalue weighted by molar-refractivity contribution is 7.89. The van der Waals surface area contributed by atoms with Gasteiger partial charge in [-0.15, -0.1) is 4.83 Å². The minimum atomic E-state index is -4.01. The average molecular weight is 397 g/mol. The Balaban J connectivity index is 1.94. The van der Waals surface area contributed by atoms with Crippen LogP contribution in [0.1, 0.15) is 22.8 Å². The van der Waals surface area contributed by atoms with Gasteiger partial charge in [-0.05, 0) is 49.7 Å². The van der Waals surface area contributed by atoms with E-state index in [9.17, 15) is 18.0 Å². The molecule has 2 N–H and O–H groups in total. The van der Waals surface area contributed by atoms with Crippen LogP contribution in [0.25, 0.3) is 0 Å². The summed E-state index contributed by atoms with van der Waals surface area (Å²) in [7, 11) is -4.01. The lowest BCUT2D eigenvalue weighted by Crippen LogP contribution is -2.43. The number of hydrogen-bond donors (Lipinski definition) is 2. The van der Waals surface area contributed by atoms with Crippen molar-refractivity contribution in [1.82, 2.24) is 10.3 Å². The van der Waals surface area contributed by atoms with Crippen LogP contribution in [0.3, 0.4) is 0 Å². The molecule has 1 amide bonds. The van der Waals surface area contributed by atoms with E-state index in [4.69, 9.17) is 16.3 Å². The molecule has 0 aromatic heterocycles. The Morgan fingerprint density at radius 1 is 1.15 bits per heavy atom. The first-order valence-electron chi connectivity index (χ1n) is 7.49. The summed E-state index contributed by atoms with van der Waals surface area (Å²) in [5.74, 6) is -0.527. The van der Waals surface area contributed by atoms with E-state index in [2.05, 4.69) is 5.43 Å². The lowest BCUT2D eigenvalue weighted by Gasteiger charge is -2.10. The van der Waals surface area contributed by atoms with E-state index in [1.54, 1.807) is 25.1 Å². The summed E-state index contributed by atoms with van der Waals surface area (Å²) in [6.07, 6.45) is 0. The van der Waals surface area contributed by atoms with E-state index in [1.807, 2.05) is 4.83 Å². The van der Waals surface area contributed by atoms with Crippen LogP contribution >= 0.6 is 11.6 Å². The molecule has 0 aliphatic heterocycles. The second-order valence-electron chi connectivity index (χ2n) is 5.44. The van der Waals surface area contributed by atoms with E-state index < -0.39 is 22.5 Å². The zero-order valence-corrected chi connectivity index (χ0v) is 15.6. The molecule has 138 valence electrons. The van der Waals surface area contributed by atoms with Crippen molar-refractivity contribution in [2.75, 3.05) is 6.61 Å². The van der Waals surface area contributed by atoms with Crippen LogP contribution < -0.4 is 15.0 Å². The lowest BCUT2D eigenvalue weighted by atomic mass is 10.2. The fraction of sp³-hybridized carbons (Fsp3) is 0.176. The molecule has 0 bridgehead atoms. The molecule has 0 fully saturated rings. The molecule has 0 aliphatic carbocycles. The highest BCUT2D eigenvalue weighted by Crippen LogP contribution is 2.20. The zero-order chi connectivity index (χ0) is 19.3. The molecule has 0 saturated carbocycles. The predicted octanol–water partition coefficient (Wildman–Crippen LogP) is 2.24. The minimum Gasteiger partial charge on any atom is -0.484 e. The van der Waals surface area contributed by atoms with E-state index in [0.29, 0.717) is 10.8 Å². The summed E-state index contributed by atoms with van der Waals surface area (Å²) >= 11 is 5.90. The number of ether oxygens (including phenoxy) is 1. The van der Waals surface area contributed by atoms with Crippen molar-refractivity contribution in [2.45, 2.75) is 18.7 Å². The predicted molar refractivity (Wildman–Crippen MR) is 96.6 cm³/mol. The van der Waals surface area contributed by atoms with Gasteiger partial charge in [0.25, 0.3) is 15.9 Å². The van der Waals surface area contributed by atoms with Gasteiger partial charge in [0.2, 0.25) is 0 Å². The van der Waals surface area contributed by atoms with Gasteiger partial charge < -0.3 is 4.74 Å². The normalized spacial score (nSPS) is 11.0. The number of amides is 1. The Bertz CT molecular complexity index is 944. The number of hydrogen-bond acceptors (Lipinski definition) is 5. The highest BCUT2D eigenvalue weighted by atomic mass is 35.5. The van der Waals surface area contributed by atoms with Gasteiger partial charge in [0, 0.05) is 10.6 Å². The number of ketones is 1. The number of Topliss-reactive ketones (excluding diaryl/α,β-unsaturated/α-hetero) is 1. The third-order valence-corrected chi connectivity index (χ3v) is 5.04. The van der Waals surface area contributed by atoms with Crippen molar-refractivity contribution in [1.29, 1.82) is 0 Å². The number of carbonyl (C=O) groups excluding carboxylic acids is 2. The molecule has 2 aromatic carbocycles. The second-order valence-corrected chi connectivity index (χ2v) is 7.53. The maximum absolute atomic E-state index is 12.2. The monoisotopic (exact) mass is 396 g/mol. The number of halogens is 1. The Morgan fingerprint density at radius 2 is 1.88 bits per heavy atom. The molecular formula is C17H17ClN2O5S. The maximum Gasteiger partial charge on any atom is 0.272 e. The summed E-state index contributed by atoms with van der Waals surface area (Å²) in [5.41, 5.74) is 3.09. The smallest absolute Gasteiger partial charge is 0.272 e. The molecular weight excluding hydrogens is 380 g/mol. The first-order valence-corrected chi connectivity index (χ1v) is 9.36. The number of sulfonamides is 1. The molecule has 9 heteroatoms. The minimum absolute atomic E-state index is 0.139. The van der Waals surface area contributed by atoms with Crippen molar-refractivity contribution >= 4 is 33.3 Å². The number of carbonyl (C=O) groups is 2. The van der Waals surface area contributed by atoms with Crippen LogP contribution in [-0.2, 0) is 14.8 Å². The number of benzene rings is 2. The van der Waals surface area contributed by atoms with Gasteiger partial charge in [-0.1, -0.05) is 23.7 Å². The summed E-state index contributed by atoms with van der Waals surface area (Å²) in [6, 6.07) is 10.4. The molecule has 0 radical (unpaired) electrons. The van der Waals surface area contributed by atoms with Crippen molar-refractivity contribution in [3.05, 3.63) is 58.6 Å². The standard InChI is InChI=1S/C17H17ClN2O5S/c1-11-8-14(6-7-16(11)18)25-10-17(22)19-20-26(23,24)15-5-3-4-13(9-15)12(2)21/h3-9,20H,10H2,1-2H3,(H,19,22). The van der Waals surface area contributed by atoms with Crippen molar-refractivity contribution in [3.63, 3.8) is 0 Å². The van der Waals surface area contributed by atoms with Gasteiger partial charge >= 0.3 is 0 Å². The quantitative estimate of drug-likeness (QED) is 0.552. The summed E-state index contributed by atoms with van der Waals surface area (Å²) in [4.78, 5) is 24.9. The van der Waals surface area contributed by atoms with Crippen LogP contribution in [0.4, 0.5) is 0 Å².